The van der Waals surface area contributed by atoms with Crippen LogP contribution < -0.4 is 0 Å². The van der Waals surface area contributed by atoms with E-state index in [2.05, 4.69) is 4.99 Å². The molecule has 0 spiro atoms. The van der Waals surface area contributed by atoms with Gasteiger partial charge in [0, 0.05) is 36.4 Å². The lowest BCUT2D eigenvalue weighted by Crippen LogP contribution is -2.36. The van der Waals surface area contributed by atoms with Gasteiger partial charge in [0.25, 0.3) is 11.6 Å². The summed E-state index contributed by atoms with van der Waals surface area (Å²) < 4.78 is 5.32. The van der Waals surface area contributed by atoms with Crippen molar-refractivity contribution < 1.29 is 14.1 Å². The number of carbonyl (C=O) groups excluding carboxylic acids is 1. The van der Waals surface area contributed by atoms with Crippen molar-refractivity contribution in [3.05, 3.63) is 112 Å². The van der Waals surface area contributed by atoms with Gasteiger partial charge in [-0.3, -0.25) is 19.8 Å². The Hall–Kier alpha value is -4.59. The van der Waals surface area contributed by atoms with Crippen LogP contribution in [0.15, 0.2) is 99.3 Å². The predicted molar refractivity (Wildman–Crippen MR) is 120 cm³/mol. The summed E-state index contributed by atoms with van der Waals surface area (Å²) >= 11 is 0. The topological polar surface area (TPSA) is 101 Å². The molecule has 5 rings (SSSR count). The van der Waals surface area contributed by atoms with Crippen LogP contribution in [-0.4, -0.2) is 27.3 Å². The lowest BCUT2D eigenvalue weighted by molar-refractivity contribution is -0.384. The quantitative estimate of drug-likeness (QED) is 0.343. The van der Waals surface area contributed by atoms with Gasteiger partial charge in [-0.1, -0.05) is 42.5 Å². The monoisotopic (exact) mass is 424 g/mol. The van der Waals surface area contributed by atoms with E-state index in [-0.39, 0.29) is 17.3 Å². The molecule has 0 unspecified atom stereocenters. The minimum atomic E-state index is -0.459. The Morgan fingerprint density at radius 3 is 2.62 bits per heavy atom. The number of nitrogens with zero attached hydrogens (tertiary/aromatic N) is 4. The molecule has 1 aromatic heterocycles. The maximum absolute atomic E-state index is 13.1. The van der Waals surface area contributed by atoms with Crippen molar-refractivity contribution in [3.63, 3.8) is 0 Å². The first-order chi connectivity index (χ1) is 15.6. The number of aliphatic imine (C=N–C) groups is 2. The Morgan fingerprint density at radius 2 is 1.88 bits per heavy atom. The van der Waals surface area contributed by atoms with Gasteiger partial charge in [-0.25, -0.2) is 9.98 Å². The lowest BCUT2D eigenvalue weighted by atomic mass is 10.0. The van der Waals surface area contributed by atoms with Crippen LogP contribution in [0.5, 0.6) is 0 Å². The molecule has 0 fully saturated rings. The third-order valence-corrected chi connectivity index (χ3v) is 5.05. The van der Waals surface area contributed by atoms with Crippen LogP contribution in [0.3, 0.4) is 0 Å². The SMILES string of the molecule is O=C1C(=Cc2ccco2)N=C2C(Cc3ccccc3)=NC(c3cccc([N+](=O)[O-])c3)=CN12. The molecule has 0 radical (unpaired) electrons. The Balaban J connectivity index is 1.59. The first-order valence-corrected chi connectivity index (χ1v) is 9.84. The van der Waals surface area contributed by atoms with Gasteiger partial charge in [-0.2, -0.15) is 0 Å². The van der Waals surface area contributed by atoms with Crippen LogP contribution in [0.2, 0.25) is 0 Å². The van der Waals surface area contributed by atoms with E-state index >= 15 is 0 Å². The molecule has 156 valence electrons. The van der Waals surface area contributed by atoms with Crippen molar-refractivity contribution in [2.45, 2.75) is 6.42 Å². The number of benzene rings is 2. The molecule has 0 aliphatic carbocycles. The average molecular weight is 424 g/mol. The van der Waals surface area contributed by atoms with Gasteiger partial charge in [0.1, 0.15) is 11.5 Å². The first-order valence-electron chi connectivity index (χ1n) is 9.84. The highest BCUT2D eigenvalue weighted by molar-refractivity contribution is 6.48. The molecule has 0 N–H and O–H groups in total. The van der Waals surface area contributed by atoms with E-state index in [0.717, 1.165) is 5.56 Å². The van der Waals surface area contributed by atoms with E-state index in [9.17, 15) is 14.9 Å². The van der Waals surface area contributed by atoms with Crippen LogP contribution in [0, 0.1) is 10.1 Å². The van der Waals surface area contributed by atoms with E-state index < -0.39 is 4.92 Å². The Kier molecular flexibility index (Phi) is 4.79. The molecule has 0 saturated carbocycles. The standard InChI is InChI=1S/C24H16N4O4/c29-24-21(14-19-10-5-11-32-19)26-23-20(12-16-6-2-1-3-7-16)25-22(15-27(23)24)17-8-4-9-18(13-17)28(30)31/h1-11,13-15H,12H2. The number of non-ortho nitro benzene ring substituents is 1. The largest absolute Gasteiger partial charge is 0.465 e. The summed E-state index contributed by atoms with van der Waals surface area (Å²) in [6, 6.07) is 19.4. The number of hydrogen-bond acceptors (Lipinski definition) is 6. The summed E-state index contributed by atoms with van der Waals surface area (Å²) in [5.74, 6) is 0.632. The zero-order valence-electron chi connectivity index (χ0n) is 16.7. The van der Waals surface area contributed by atoms with E-state index in [1.165, 1.54) is 23.3 Å². The summed E-state index contributed by atoms with van der Waals surface area (Å²) in [7, 11) is 0. The molecule has 0 bridgehead atoms. The summed E-state index contributed by atoms with van der Waals surface area (Å²) in [5.41, 5.74) is 2.77. The van der Waals surface area contributed by atoms with Crippen LogP contribution in [0.1, 0.15) is 16.9 Å². The van der Waals surface area contributed by atoms with Gasteiger partial charge in [0.15, 0.2) is 5.84 Å². The third kappa shape index (κ3) is 3.65. The second-order valence-corrected chi connectivity index (χ2v) is 7.20. The number of nitro benzene ring substituents is 1. The number of amidine groups is 1. The highest BCUT2D eigenvalue weighted by atomic mass is 16.6. The number of hydrogen-bond donors (Lipinski definition) is 0. The molecule has 0 atom stereocenters. The minimum Gasteiger partial charge on any atom is -0.465 e. The van der Waals surface area contributed by atoms with Crippen LogP contribution in [0.25, 0.3) is 11.8 Å². The fourth-order valence-electron chi connectivity index (χ4n) is 3.53. The van der Waals surface area contributed by atoms with Crippen molar-refractivity contribution in [1.82, 2.24) is 4.90 Å². The molecule has 1 amide bonds. The summed E-state index contributed by atoms with van der Waals surface area (Å²) in [4.78, 5) is 34.6. The van der Waals surface area contributed by atoms with Crippen LogP contribution in [-0.2, 0) is 11.2 Å². The zero-order valence-corrected chi connectivity index (χ0v) is 16.7. The number of rotatable bonds is 5. The molecular formula is C24H16N4O4. The Morgan fingerprint density at radius 1 is 1.03 bits per heavy atom. The van der Waals surface area contributed by atoms with E-state index in [4.69, 9.17) is 9.41 Å². The van der Waals surface area contributed by atoms with Crippen molar-refractivity contribution in [1.29, 1.82) is 0 Å². The van der Waals surface area contributed by atoms with Crippen molar-refractivity contribution in [3.8, 4) is 0 Å². The Labute approximate surface area is 182 Å². The molecule has 32 heavy (non-hydrogen) atoms. The lowest BCUT2D eigenvalue weighted by Gasteiger charge is -2.21. The highest BCUT2D eigenvalue weighted by Crippen LogP contribution is 2.30. The summed E-state index contributed by atoms with van der Waals surface area (Å²) in [5, 5.41) is 11.2. The van der Waals surface area contributed by atoms with E-state index in [0.29, 0.717) is 35.0 Å². The van der Waals surface area contributed by atoms with Gasteiger partial charge in [0.2, 0.25) is 0 Å². The second-order valence-electron chi connectivity index (χ2n) is 7.20. The molecule has 8 heteroatoms. The minimum absolute atomic E-state index is 0.0474. The Bertz CT molecular complexity index is 1340. The van der Waals surface area contributed by atoms with Gasteiger partial charge in [-0.15, -0.1) is 0 Å². The number of amides is 1. The van der Waals surface area contributed by atoms with Crippen molar-refractivity contribution in [2.24, 2.45) is 9.98 Å². The molecule has 2 aliphatic heterocycles. The van der Waals surface area contributed by atoms with Crippen molar-refractivity contribution >= 4 is 34.9 Å². The summed E-state index contributed by atoms with van der Waals surface area (Å²) in [6.45, 7) is 0. The smallest absolute Gasteiger partial charge is 0.282 e. The highest BCUT2D eigenvalue weighted by Gasteiger charge is 2.35. The summed E-state index contributed by atoms with van der Waals surface area (Å²) in [6.07, 6.45) is 5.12. The fraction of sp³-hybridized carbons (Fsp3) is 0.0417. The first kappa shape index (κ1) is 19.4. The predicted octanol–water partition coefficient (Wildman–Crippen LogP) is 4.47. The number of furan rings is 1. The second kappa shape index (κ2) is 7.92. The third-order valence-electron chi connectivity index (χ3n) is 5.05. The van der Waals surface area contributed by atoms with E-state index in [1.807, 2.05) is 30.3 Å². The van der Waals surface area contributed by atoms with Gasteiger partial charge in [-0.05, 0) is 17.7 Å². The number of nitro groups is 1. The molecule has 0 saturated heterocycles. The molecule has 2 aliphatic rings. The van der Waals surface area contributed by atoms with E-state index in [1.54, 1.807) is 36.5 Å². The molecule has 3 aromatic rings. The molecular weight excluding hydrogens is 408 g/mol. The fourth-order valence-corrected chi connectivity index (χ4v) is 3.53. The number of carbonyl (C=O) groups is 1. The van der Waals surface area contributed by atoms with Gasteiger partial charge in [0.05, 0.1) is 22.6 Å². The zero-order chi connectivity index (χ0) is 22.1. The molecule has 2 aromatic carbocycles. The van der Waals surface area contributed by atoms with Crippen LogP contribution in [0.4, 0.5) is 5.69 Å². The van der Waals surface area contributed by atoms with Crippen molar-refractivity contribution in [2.75, 3.05) is 0 Å². The molecule has 3 heterocycles. The van der Waals surface area contributed by atoms with Crippen LogP contribution >= 0.6 is 0 Å². The maximum atomic E-state index is 13.1. The number of fused-ring (bicyclic) bond motifs is 1. The van der Waals surface area contributed by atoms with Gasteiger partial charge < -0.3 is 4.42 Å². The normalized spacial score (nSPS) is 16.5. The average Bonchev–Trinajstić information content (AvgIpc) is 3.43. The van der Waals surface area contributed by atoms with Gasteiger partial charge >= 0.3 is 0 Å². The maximum Gasteiger partial charge on any atom is 0.282 e. The molecule has 8 nitrogen and oxygen atoms in total.